The van der Waals surface area contributed by atoms with Crippen molar-refractivity contribution in [3.8, 4) is 0 Å². The van der Waals surface area contributed by atoms with Crippen molar-refractivity contribution in [3.05, 3.63) is 0 Å². The maximum atomic E-state index is 12.2. The molecule has 20 heavy (non-hydrogen) atoms. The van der Waals surface area contributed by atoms with Gasteiger partial charge in [-0.05, 0) is 31.6 Å². The van der Waals surface area contributed by atoms with E-state index in [0.29, 0.717) is 17.3 Å². The smallest absolute Gasteiger partial charge is 0.214 e. The fourth-order valence-corrected chi connectivity index (χ4v) is 7.02. The van der Waals surface area contributed by atoms with Crippen LogP contribution in [0.1, 0.15) is 38.5 Å². The summed E-state index contributed by atoms with van der Waals surface area (Å²) in [4.78, 5) is 0.380. The molecule has 5 nitrogen and oxygen atoms in total. The molecule has 0 radical (unpaired) electrons. The van der Waals surface area contributed by atoms with Gasteiger partial charge in [-0.2, -0.15) is 0 Å². The monoisotopic (exact) mass is 387 g/mol. The number of rotatable bonds is 4. The van der Waals surface area contributed by atoms with Crippen LogP contribution in [0.3, 0.4) is 0 Å². The third-order valence-electron chi connectivity index (χ3n) is 4.30. The number of hydrogen-bond donors (Lipinski definition) is 1. The van der Waals surface area contributed by atoms with Gasteiger partial charge in [0.2, 0.25) is 10.0 Å². The number of alkyl halides is 1. The van der Waals surface area contributed by atoms with Crippen molar-refractivity contribution in [2.45, 2.75) is 48.6 Å². The molecule has 118 valence electrons. The van der Waals surface area contributed by atoms with Gasteiger partial charge < -0.3 is 0 Å². The van der Waals surface area contributed by atoms with Gasteiger partial charge in [0.15, 0.2) is 0 Å². The molecular formula is C12H22BrNO4S2. The van der Waals surface area contributed by atoms with Crippen molar-refractivity contribution in [3.63, 3.8) is 0 Å². The molecule has 1 N–H and O–H groups in total. The lowest BCUT2D eigenvalue weighted by Crippen LogP contribution is -2.42. The van der Waals surface area contributed by atoms with Gasteiger partial charge in [0, 0.05) is 11.4 Å². The van der Waals surface area contributed by atoms with Gasteiger partial charge in [-0.25, -0.2) is 21.6 Å². The molecule has 2 aliphatic rings. The predicted molar refractivity (Wildman–Crippen MR) is 83.3 cm³/mol. The maximum absolute atomic E-state index is 12.2. The van der Waals surface area contributed by atoms with Gasteiger partial charge in [-0.1, -0.05) is 28.8 Å². The van der Waals surface area contributed by atoms with Gasteiger partial charge in [0.1, 0.15) is 9.84 Å². The molecule has 1 saturated heterocycles. The summed E-state index contributed by atoms with van der Waals surface area (Å²) in [5.41, 5.74) is 0. The van der Waals surface area contributed by atoms with Gasteiger partial charge in [-0.3, -0.25) is 0 Å². The maximum Gasteiger partial charge on any atom is 0.214 e. The lowest BCUT2D eigenvalue weighted by atomic mass is 9.89. The lowest BCUT2D eigenvalue weighted by Gasteiger charge is -2.29. The van der Waals surface area contributed by atoms with Crippen LogP contribution in [0.15, 0.2) is 0 Å². The predicted octanol–water partition coefficient (Wildman–Crippen LogP) is 1.44. The largest absolute Gasteiger partial charge is 0.229 e. The molecule has 1 aliphatic carbocycles. The summed E-state index contributed by atoms with van der Waals surface area (Å²) >= 11 is 3.62. The summed E-state index contributed by atoms with van der Waals surface area (Å²) in [5.74, 6) is 0.317. The molecule has 0 amide bonds. The molecule has 2 atom stereocenters. The molecule has 2 fully saturated rings. The van der Waals surface area contributed by atoms with Gasteiger partial charge in [0.25, 0.3) is 0 Å². The third-order valence-corrected chi connectivity index (χ3v) is 9.14. The van der Waals surface area contributed by atoms with Crippen LogP contribution in [0.4, 0.5) is 0 Å². The first-order valence-electron chi connectivity index (χ1n) is 7.13. The molecule has 0 aromatic carbocycles. The minimum absolute atomic E-state index is 0.0108. The fourth-order valence-electron chi connectivity index (χ4n) is 2.91. The number of nitrogens with one attached hydrogen (secondary N) is 1. The summed E-state index contributed by atoms with van der Waals surface area (Å²) in [6.07, 6.45) is 4.92. The molecule has 0 bridgehead atoms. The van der Waals surface area contributed by atoms with E-state index in [0.717, 1.165) is 19.3 Å². The molecule has 0 spiro atoms. The molecule has 0 aromatic rings. The van der Waals surface area contributed by atoms with Crippen LogP contribution in [0.25, 0.3) is 0 Å². The van der Waals surface area contributed by atoms with Crippen LogP contribution in [-0.4, -0.2) is 45.0 Å². The average molecular weight is 388 g/mol. The number of halogens is 1. The zero-order valence-electron chi connectivity index (χ0n) is 11.4. The summed E-state index contributed by atoms with van der Waals surface area (Å²) < 4.78 is 49.9. The van der Waals surface area contributed by atoms with Crippen LogP contribution in [-0.2, 0) is 19.9 Å². The fraction of sp³-hybridized carbons (Fsp3) is 1.00. The zero-order valence-corrected chi connectivity index (χ0v) is 14.6. The Morgan fingerprint density at radius 1 is 1.05 bits per heavy atom. The molecule has 0 aromatic heterocycles. The van der Waals surface area contributed by atoms with Crippen LogP contribution < -0.4 is 4.72 Å². The van der Waals surface area contributed by atoms with Gasteiger partial charge in [0.05, 0.1) is 16.8 Å². The van der Waals surface area contributed by atoms with E-state index in [2.05, 4.69) is 20.7 Å². The Kier molecular flexibility index (Phi) is 5.53. The summed E-state index contributed by atoms with van der Waals surface area (Å²) in [5, 5.41) is -0.552. The van der Waals surface area contributed by atoms with Crippen LogP contribution in [0.5, 0.6) is 0 Å². The van der Waals surface area contributed by atoms with Gasteiger partial charge in [-0.15, -0.1) is 0 Å². The van der Waals surface area contributed by atoms with Crippen molar-refractivity contribution >= 4 is 35.8 Å². The Labute approximate surface area is 130 Å². The Hall–Kier alpha value is 0.340. The van der Waals surface area contributed by atoms with Crippen LogP contribution in [0, 0.1) is 5.92 Å². The summed E-state index contributed by atoms with van der Waals surface area (Å²) in [6.45, 7) is 0.460. The van der Waals surface area contributed by atoms with Crippen molar-refractivity contribution in [1.29, 1.82) is 0 Å². The first-order valence-corrected chi connectivity index (χ1v) is 11.4. The third kappa shape index (κ3) is 4.42. The second-order valence-corrected chi connectivity index (χ2v) is 11.3. The normalized spacial score (nSPS) is 32.0. The SMILES string of the molecule is O=S1(=O)CCC(S(=O)(=O)NCC2CCCCC2Br)CC1. The molecule has 1 heterocycles. The first-order chi connectivity index (χ1) is 9.30. The van der Waals surface area contributed by atoms with E-state index in [1.54, 1.807) is 0 Å². The van der Waals surface area contributed by atoms with E-state index in [9.17, 15) is 16.8 Å². The second-order valence-electron chi connectivity index (χ2n) is 5.81. The Balaban J connectivity index is 1.88. The highest BCUT2D eigenvalue weighted by Gasteiger charge is 2.33. The van der Waals surface area contributed by atoms with Crippen molar-refractivity contribution < 1.29 is 16.8 Å². The summed E-state index contributed by atoms with van der Waals surface area (Å²) in [6, 6.07) is 0. The number of sulfone groups is 1. The minimum Gasteiger partial charge on any atom is -0.229 e. The topological polar surface area (TPSA) is 80.3 Å². The van der Waals surface area contributed by atoms with E-state index in [4.69, 9.17) is 0 Å². The number of hydrogen-bond acceptors (Lipinski definition) is 4. The molecular weight excluding hydrogens is 366 g/mol. The Bertz CT molecular complexity index is 518. The molecule has 2 unspecified atom stereocenters. The van der Waals surface area contributed by atoms with Crippen molar-refractivity contribution in [2.24, 2.45) is 5.92 Å². The van der Waals surface area contributed by atoms with Crippen molar-refractivity contribution in [2.75, 3.05) is 18.1 Å². The van der Waals surface area contributed by atoms with Crippen LogP contribution in [0.2, 0.25) is 0 Å². The minimum atomic E-state index is -3.39. The Morgan fingerprint density at radius 2 is 1.65 bits per heavy atom. The molecule has 8 heteroatoms. The molecule has 1 saturated carbocycles. The zero-order chi connectivity index (χ0) is 14.8. The van der Waals surface area contributed by atoms with Crippen LogP contribution >= 0.6 is 15.9 Å². The highest BCUT2D eigenvalue weighted by molar-refractivity contribution is 9.09. The van der Waals surface area contributed by atoms with E-state index in [-0.39, 0.29) is 24.3 Å². The molecule has 1 aliphatic heterocycles. The highest BCUT2D eigenvalue weighted by Crippen LogP contribution is 2.29. The second kappa shape index (κ2) is 6.62. The average Bonchev–Trinajstić information content (AvgIpc) is 2.37. The summed E-state index contributed by atoms with van der Waals surface area (Å²) in [7, 11) is -6.41. The lowest BCUT2D eigenvalue weighted by molar-refractivity contribution is 0.372. The van der Waals surface area contributed by atoms with Gasteiger partial charge >= 0.3 is 0 Å². The Morgan fingerprint density at radius 3 is 2.25 bits per heavy atom. The van der Waals surface area contributed by atoms with E-state index < -0.39 is 25.1 Å². The standard InChI is InChI=1S/C12H22BrNO4S2/c13-12-4-2-1-3-10(12)9-14-20(17,18)11-5-7-19(15,16)8-6-11/h10-12,14H,1-9H2. The highest BCUT2D eigenvalue weighted by atomic mass is 79.9. The quantitative estimate of drug-likeness (QED) is 0.739. The van der Waals surface area contributed by atoms with E-state index in [1.165, 1.54) is 6.42 Å². The van der Waals surface area contributed by atoms with E-state index in [1.807, 2.05) is 0 Å². The molecule has 2 rings (SSSR count). The van der Waals surface area contributed by atoms with Crippen molar-refractivity contribution in [1.82, 2.24) is 4.72 Å². The number of sulfonamides is 1. The first kappa shape index (κ1) is 16.7. The van der Waals surface area contributed by atoms with E-state index >= 15 is 0 Å².